The van der Waals surface area contributed by atoms with Gasteiger partial charge >= 0.3 is 0 Å². The summed E-state index contributed by atoms with van der Waals surface area (Å²) in [6, 6.07) is 19.0. The first kappa shape index (κ1) is 19.4. The van der Waals surface area contributed by atoms with E-state index in [1.54, 1.807) is 66.6 Å². The van der Waals surface area contributed by atoms with E-state index < -0.39 is 6.04 Å². The van der Waals surface area contributed by atoms with Gasteiger partial charge in [0.2, 0.25) is 5.76 Å². The van der Waals surface area contributed by atoms with Crippen molar-refractivity contribution >= 4 is 34.2 Å². The second-order valence-electron chi connectivity index (χ2n) is 7.50. The first-order valence-corrected chi connectivity index (χ1v) is 10.2. The van der Waals surface area contributed by atoms with Crippen molar-refractivity contribution in [1.82, 2.24) is 0 Å². The second-order valence-corrected chi connectivity index (χ2v) is 7.94. The molecule has 0 radical (unpaired) electrons. The van der Waals surface area contributed by atoms with Gasteiger partial charge in [-0.3, -0.25) is 14.5 Å². The Bertz CT molecular complexity index is 1390. The van der Waals surface area contributed by atoms with Crippen LogP contribution >= 0.6 is 11.6 Å². The molecular weight excluding hydrogens is 414 g/mol. The second kappa shape index (κ2) is 7.29. The highest BCUT2D eigenvalue weighted by molar-refractivity contribution is 6.30. The summed E-state index contributed by atoms with van der Waals surface area (Å²) in [5.41, 5.74) is 2.80. The Morgan fingerprint density at radius 2 is 1.77 bits per heavy atom. The lowest BCUT2D eigenvalue weighted by atomic mass is 9.98. The van der Waals surface area contributed by atoms with Crippen molar-refractivity contribution in [1.29, 1.82) is 0 Å². The minimum atomic E-state index is -0.657. The van der Waals surface area contributed by atoms with Crippen molar-refractivity contribution in [3.8, 4) is 5.75 Å². The fourth-order valence-electron chi connectivity index (χ4n) is 4.09. The van der Waals surface area contributed by atoms with Gasteiger partial charge in [-0.1, -0.05) is 35.4 Å². The third-order valence-corrected chi connectivity index (χ3v) is 5.78. The maximum absolute atomic E-state index is 13.6. The normalized spacial score (nSPS) is 15.4. The summed E-state index contributed by atoms with van der Waals surface area (Å²) >= 11 is 6.25. The molecule has 0 saturated carbocycles. The smallest absolute Gasteiger partial charge is 0.295 e. The van der Waals surface area contributed by atoms with Crippen LogP contribution in [0.1, 0.15) is 33.3 Å². The predicted molar refractivity (Wildman–Crippen MR) is 120 cm³/mol. The van der Waals surface area contributed by atoms with Gasteiger partial charge in [-0.15, -0.1) is 0 Å². The highest BCUT2D eigenvalue weighted by Gasteiger charge is 2.43. The minimum Gasteiger partial charge on any atom is -0.497 e. The molecule has 6 heteroatoms. The fourth-order valence-corrected chi connectivity index (χ4v) is 4.29. The van der Waals surface area contributed by atoms with E-state index in [-0.39, 0.29) is 17.1 Å². The zero-order valence-electron chi connectivity index (χ0n) is 16.9. The zero-order chi connectivity index (χ0) is 21.7. The number of rotatable bonds is 3. The summed E-state index contributed by atoms with van der Waals surface area (Å²) < 4.78 is 11.2. The number of benzene rings is 3. The van der Waals surface area contributed by atoms with E-state index in [1.807, 2.05) is 19.1 Å². The molecule has 5 rings (SSSR count). The largest absolute Gasteiger partial charge is 0.497 e. The monoisotopic (exact) mass is 431 g/mol. The van der Waals surface area contributed by atoms with Crippen LogP contribution in [0, 0.1) is 6.92 Å². The lowest BCUT2D eigenvalue weighted by molar-refractivity contribution is 0.0971. The van der Waals surface area contributed by atoms with E-state index in [0.717, 1.165) is 11.1 Å². The van der Waals surface area contributed by atoms with Crippen LogP contribution in [0.25, 0.3) is 11.0 Å². The van der Waals surface area contributed by atoms with E-state index in [4.69, 9.17) is 20.8 Å². The molecule has 0 spiro atoms. The molecule has 1 amide bonds. The van der Waals surface area contributed by atoms with Gasteiger partial charge in [0.05, 0.1) is 24.1 Å². The van der Waals surface area contributed by atoms with Crippen molar-refractivity contribution in [3.05, 3.63) is 104 Å². The van der Waals surface area contributed by atoms with Gasteiger partial charge in [0, 0.05) is 10.7 Å². The standard InChI is InChI=1S/C25H18ClNO4/c1-14-6-11-20-19(12-14)23(28)21-22(15-4-3-5-16(26)13-15)27(25(29)24(21)31-20)17-7-9-18(30-2)10-8-17/h3-13,22H,1-2H3. The number of methoxy groups -OCH3 is 1. The fraction of sp³-hybridized carbons (Fsp3) is 0.120. The molecule has 1 atom stereocenters. The Kier molecular flexibility index (Phi) is 4.56. The predicted octanol–water partition coefficient (Wildman–Crippen LogP) is 5.51. The third-order valence-electron chi connectivity index (χ3n) is 5.54. The van der Waals surface area contributed by atoms with Crippen molar-refractivity contribution in [2.24, 2.45) is 0 Å². The van der Waals surface area contributed by atoms with Crippen molar-refractivity contribution in [2.75, 3.05) is 12.0 Å². The number of carbonyl (C=O) groups excluding carboxylic acids is 1. The molecule has 0 bridgehead atoms. The lowest BCUT2D eigenvalue weighted by Crippen LogP contribution is -2.29. The van der Waals surface area contributed by atoms with Crippen LogP contribution < -0.4 is 15.1 Å². The number of halogens is 1. The Hall–Kier alpha value is -3.57. The summed E-state index contributed by atoms with van der Waals surface area (Å²) in [7, 11) is 1.58. The summed E-state index contributed by atoms with van der Waals surface area (Å²) in [5.74, 6) is 0.356. The number of amides is 1. The number of fused-ring (bicyclic) bond motifs is 2. The molecule has 0 fully saturated rings. The maximum Gasteiger partial charge on any atom is 0.295 e. The van der Waals surface area contributed by atoms with Crippen molar-refractivity contribution in [2.45, 2.75) is 13.0 Å². The Morgan fingerprint density at radius 3 is 2.48 bits per heavy atom. The molecule has 5 nitrogen and oxygen atoms in total. The number of aryl methyl sites for hydroxylation is 1. The average Bonchev–Trinajstić information content (AvgIpc) is 3.07. The number of ether oxygens (including phenoxy) is 1. The van der Waals surface area contributed by atoms with Crippen LogP contribution in [0.5, 0.6) is 5.75 Å². The van der Waals surface area contributed by atoms with Gasteiger partial charge in [0.25, 0.3) is 5.91 Å². The lowest BCUT2D eigenvalue weighted by Gasteiger charge is -2.25. The topological polar surface area (TPSA) is 59.8 Å². The van der Waals surface area contributed by atoms with E-state index >= 15 is 0 Å². The molecule has 0 N–H and O–H groups in total. The van der Waals surface area contributed by atoms with E-state index in [1.165, 1.54) is 0 Å². The summed E-state index contributed by atoms with van der Waals surface area (Å²) in [6.45, 7) is 1.91. The van der Waals surface area contributed by atoms with Gasteiger partial charge in [-0.05, 0) is 61.0 Å². The molecule has 0 aliphatic carbocycles. The van der Waals surface area contributed by atoms with Crippen LogP contribution in [-0.2, 0) is 0 Å². The average molecular weight is 432 g/mol. The molecule has 1 aromatic heterocycles. The third kappa shape index (κ3) is 3.09. The zero-order valence-corrected chi connectivity index (χ0v) is 17.6. The Morgan fingerprint density at radius 1 is 1.00 bits per heavy atom. The van der Waals surface area contributed by atoms with Crippen LogP contribution in [0.2, 0.25) is 5.02 Å². The first-order chi connectivity index (χ1) is 15.0. The van der Waals surface area contributed by atoms with Gasteiger partial charge in [-0.25, -0.2) is 0 Å². The highest BCUT2D eigenvalue weighted by Crippen LogP contribution is 2.42. The van der Waals surface area contributed by atoms with E-state index in [9.17, 15) is 9.59 Å². The molecule has 1 aliphatic heterocycles. The molecule has 0 saturated heterocycles. The molecule has 4 aromatic rings. The molecule has 31 heavy (non-hydrogen) atoms. The van der Waals surface area contributed by atoms with E-state index in [2.05, 4.69) is 0 Å². The molecule has 1 unspecified atom stereocenters. The number of nitrogens with zero attached hydrogens (tertiary/aromatic N) is 1. The molecular formula is C25H18ClNO4. The first-order valence-electron chi connectivity index (χ1n) is 9.78. The molecule has 154 valence electrons. The Balaban J connectivity index is 1.80. The van der Waals surface area contributed by atoms with Crippen LogP contribution in [0.15, 0.2) is 75.9 Å². The Labute approximate surface area is 183 Å². The van der Waals surface area contributed by atoms with Crippen LogP contribution in [-0.4, -0.2) is 13.0 Å². The van der Waals surface area contributed by atoms with Crippen molar-refractivity contribution in [3.63, 3.8) is 0 Å². The molecule has 3 aromatic carbocycles. The summed E-state index contributed by atoms with van der Waals surface area (Å²) in [5, 5.41) is 0.976. The summed E-state index contributed by atoms with van der Waals surface area (Å²) in [4.78, 5) is 28.7. The van der Waals surface area contributed by atoms with Crippen LogP contribution in [0.4, 0.5) is 5.69 Å². The van der Waals surface area contributed by atoms with Gasteiger partial charge in [-0.2, -0.15) is 0 Å². The quantitative estimate of drug-likeness (QED) is 0.429. The number of carbonyl (C=O) groups is 1. The van der Waals surface area contributed by atoms with Crippen molar-refractivity contribution < 1.29 is 13.9 Å². The van der Waals surface area contributed by atoms with Gasteiger partial charge < -0.3 is 9.15 Å². The minimum absolute atomic E-state index is 0.0575. The van der Waals surface area contributed by atoms with Gasteiger partial charge in [0.15, 0.2) is 5.43 Å². The number of anilines is 1. The molecule has 1 aliphatic rings. The van der Waals surface area contributed by atoms with Crippen LogP contribution in [0.3, 0.4) is 0 Å². The summed E-state index contributed by atoms with van der Waals surface area (Å²) in [6.07, 6.45) is 0. The molecule has 2 heterocycles. The van der Waals surface area contributed by atoms with E-state index in [0.29, 0.717) is 33.0 Å². The number of hydrogen-bond acceptors (Lipinski definition) is 4. The number of hydrogen-bond donors (Lipinski definition) is 0. The highest BCUT2D eigenvalue weighted by atomic mass is 35.5. The maximum atomic E-state index is 13.6. The van der Waals surface area contributed by atoms with Gasteiger partial charge in [0.1, 0.15) is 11.3 Å². The SMILES string of the molecule is COc1ccc(N2C(=O)c3oc4ccc(C)cc4c(=O)c3C2c2cccc(Cl)c2)cc1.